The van der Waals surface area contributed by atoms with Crippen LogP contribution in [0.1, 0.15) is 16.7 Å². The Bertz CT molecular complexity index is 801. The zero-order chi connectivity index (χ0) is 17.5. The molecular weight excluding hydrogens is 306 g/mol. The average molecular weight is 323 g/mol. The summed E-state index contributed by atoms with van der Waals surface area (Å²) in [5.74, 6) is 0.0496. The first-order chi connectivity index (χ1) is 11.6. The summed E-state index contributed by atoms with van der Waals surface area (Å²) in [7, 11) is 3.07. The number of nitriles is 1. The van der Waals surface area contributed by atoms with Gasteiger partial charge in [-0.15, -0.1) is 0 Å². The summed E-state index contributed by atoms with van der Waals surface area (Å²) in [6.45, 7) is 0. The van der Waals surface area contributed by atoms with Crippen molar-refractivity contribution in [2.45, 2.75) is 6.42 Å². The lowest BCUT2D eigenvalue weighted by Gasteiger charge is -2.12. The molecule has 0 fully saturated rings. The van der Waals surface area contributed by atoms with Crippen LogP contribution >= 0.6 is 0 Å². The quantitative estimate of drug-likeness (QED) is 0.825. The SMILES string of the molecule is COc1ccc(/C(=C\C(=O)O)c2ccc(CC#N)cc2)cc1OC. The molecule has 24 heavy (non-hydrogen) atoms. The molecule has 0 aliphatic carbocycles. The molecule has 5 nitrogen and oxygen atoms in total. The van der Waals surface area contributed by atoms with E-state index in [0.717, 1.165) is 17.2 Å². The molecule has 2 aromatic rings. The third-order valence-electron chi connectivity index (χ3n) is 3.51. The zero-order valence-electron chi connectivity index (χ0n) is 13.4. The predicted octanol–water partition coefficient (Wildman–Crippen LogP) is 3.29. The fourth-order valence-electron chi connectivity index (χ4n) is 2.35. The van der Waals surface area contributed by atoms with E-state index in [1.807, 2.05) is 12.1 Å². The van der Waals surface area contributed by atoms with E-state index in [9.17, 15) is 9.90 Å². The maximum atomic E-state index is 11.2. The molecule has 0 spiro atoms. The van der Waals surface area contributed by atoms with Gasteiger partial charge in [-0.2, -0.15) is 5.26 Å². The van der Waals surface area contributed by atoms with E-state index in [2.05, 4.69) is 6.07 Å². The Morgan fingerprint density at radius 1 is 1.08 bits per heavy atom. The Kier molecular flexibility index (Phi) is 5.58. The van der Waals surface area contributed by atoms with Crippen molar-refractivity contribution in [1.29, 1.82) is 5.26 Å². The van der Waals surface area contributed by atoms with Crippen LogP contribution in [-0.2, 0) is 11.2 Å². The minimum Gasteiger partial charge on any atom is -0.493 e. The highest BCUT2D eigenvalue weighted by Gasteiger charge is 2.11. The lowest BCUT2D eigenvalue weighted by Crippen LogP contribution is -1.97. The predicted molar refractivity (Wildman–Crippen MR) is 90.0 cm³/mol. The number of hydrogen-bond acceptors (Lipinski definition) is 4. The zero-order valence-corrected chi connectivity index (χ0v) is 13.4. The van der Waals surface area contributed by atoms with Crippen molar-refractivity contribution in [2.24, 2.45) is 0 Å². The molecule has 2 aromatic carbocycles. The third-order valence-corrected chi connectivity index (χ3v) is 3.51. The van der Waals surface area contributed by atoms with Gasteiger partial charge in [-0.05, 0) is 34.4 Å². The molecule has 0 aliphatic rings. The molecule has 0 saturated heterocycles. The summed E-state index contributed by atoms with van der Waals surface area (Å²) in [5.41, 5.74) is 2.87. The monoisotopic (exact) mass is 323 g/mol. The summed E-state index contributed by atoms with van der Waals surface area (Å²) < 4.78 is 10.5. The number of carbonyl (C=O) groups is 1. The number of rotatable bonds is 6. The number of benzene rings is 2. The van der Waals surface area contributed by atoms with Crippen molar-refractivity contribution >= 4 is 11.5 Å². The lowest BCUT2D eigenvalue weighted by molar-refractivity contribution is -0.131. The second-order valence-corrected chi connectivity index (χ2v) is 5.00. The second kappa shape index (κ2) is 7.84. The first-order valence-electron chi connectivity index (χ1n) is 7.22. The van der Waals surface area contributed by atoms with Gasteiger partial charge in [0, 0.05) is 6.08 Å². The van der Waals surface area contributed by atoms with Crippen LogP contribution in [0.2, 0.25) is 0 Å². The van der Waals surface area contributed by atoms with Crippen molar-refractivity contribution in [3.8, 4) is 17.6 Å². The molecule has 0 saturated carbocycles. The summed E-state index contributed by atoms with van der Waals surface area (Å²) in [4.78, 5) is 11.2. The number of hydrogen-bond donors (Lipinski definition) is 1. The van der Waals surface area contributed by atoms with Crippen LogP contribution in [-0.4, -0.2) is 25.3 Å². The molecule has 0 radical (unpaired) electrons. The molecule has 1 N–H and O–H groups in total. The Morgan fingerprint density at radius 2 is 1.71 bits per heavy atom. The summed E-state index contributed by atoms with van der Waals surface area (Å²) in [6.07, 6.45) is 1.47. The minimum absolute atomic E-state index is 0.314. The van der Waals surface area contributed by atoms with E-state index in [1.165, 1.54) is 7.11 Å². The van der Waals surface area contributed by atoms with Crippen LogP contribution in [0.15, 0.2) is 48.5 Å². The molecule has 0 atom stereocenters. The Balaban J connectivity index is 2.50. The summed E-state index contributed by atoms with van der Waals surface area (Å²) in [5, 5.41) is 17.9. The standard InChI is InChI=1S/C19H17NO4/c1-23-17-8-7-15(11-18(17)24-2)16(12-19(21)22)14-5-3-13(4-6-14)9-10-20/h3-8,11-12H,9H2,1-2H3,(H,21,22)/b16-12-. The molecule has 122 valence electrons. The fraction of sp³-hybridized carbons (Fsp3) is 0.158. The molecule has 5 heteroatoms. The van der Waals surface area contributed by atoms with Crippen molar-refractivity contribution in [3.63, 3.8) is 0 Å². The van der Waals surface area contributed by atoms with Crippen LogP contribution in [0.25, 0.3) is 5.57 Å². The largest absolute Gasteiger partial charge is 0.493 e. The molecule has 0 aromatic heterocycles. The van der Waals surface area contributed by atoms with Crippen LogP contribution in [0, 0.1) is 11.3 Å². The maximum Gasteiger partial charge on any atom is 0.328 e. The summed E-state index contributed by atoms with van der Waals surface area (Å²) in [6, 6.07) is 14.6. The van der Waals surface area contributed by atoms with Crippen LogP contribution in [0.5, 0.6) is 11.5 Å². The van der Waals surface area contributed by atoms with Crippen molar-refractivity contribution in [3.05, 3.63) is 65.2 Å². The van der Waals surface area contributed by atoms with E-state index in [-0.39, 0.29) is 0 Å². The first kappa shape index (κ1) is 17.1. The number of nitrogens with zero attached hydrogens (tertiary/aromatic N) is 1. The van der Waals surface area contributed by atoms with Gasteiger partial charge in [0.2, 0.25) is 0 Å². The van der Waals surface area contributed by atoms with Crippen LogP contribution in [0.3, 0.4) is 0 Å². The highest BCUT2D eigenvalue weighted by Crippen LogP contribution is 2.33. The third kappa shape index (κ3) is 3.93. The summed E-state index contributed by atoms with van der Waals surface area (Å²) >= 11 is 0. The fourth-order valence-corrected chi connectivity index (χ4v) is 2.35. The van der Waals surface area contributed by atoms with Gasteiger partial charge in [-0.1, -0.05) is 30.3 Å². The van der Waals surface area contributed by atoms with Crippen molar-refractivity contribution in [2.75, 3.05) is 14.2 Å². The van der Waals surface area contributed by atoms with Gasteiger partial charge < -0.3 is 14.6 Å². The normalized spacial score (nSPS) is 10.8. The lowest BCUT2D eigenvalue weighted by atomic mass is 9.96. The molecular formula is C19H17NO4. The number of carboxylic acids is 1. The highest BCUT2D eigenvalue weighted by atomic mass is 16.5. The number of aliphatic carboxylic acids is 1. The second-order valence-electron chi connectivity index (χ2n) is 5.00. The Morgan fingerprint density at radius 3 is 2.25 bits per heavy atom. The average Bonchev–Trinajstić information content (AvgIpc) is 2.60. The number of carboxylic acid groups (broad SMARTS) is 1. The maximum absolute atomic E-state index is 11.2. The van der Waals surface area contributed by atoms with Gasteiger partial charge in [-0.25, -0.2) is 4.79 Å². The Labute approximate surface area is 140 Å². The molecule has 0 amide bonds. The highest BCUT2D eigenvalue weighted by molar-refractivity contribution is 5.95. The topological polar surface area (TPSA) is 79.5 Å². The van der Waals surface area contributed by atoms with E-state index >= 15 is 0 Å². The smallest absolute Gasteiger partial charge is 0.328 e. The van der Waals surface area contributed by atoms with E-state index in [0.29, 0.717) is 29.1 Å². The van der Waals surface area contributed by atoms with Crippen molar-refractivity contribution < 1.29 is 19.4 Å². The van der Waals surface area contributed by atoms with Gasteiger partial charge in [0.25, 0.3) is 0 Å². The van der Waals surface area contributed by atoms with E-state index < -0.39 is 5.97 Å². The van der Waals surface area contributed by atoms with E-state index in [4.69, 9.17) is 14.7 Å². The number of methoxy groups -OCH3 is 2. The minimum atomic E-state index is -1.04. The van der Waals surface area contributed by atoms with Gasteiger partial charge in [-0.3, -0.25) is 0 Å². The van der Waals surface area contributed by atoms with Gasteiger partial charge >= 0.3 is 5.97 Å². The van der Waals surface area contributed by atoms with Crippen LogP contribution < -0.4 is 9.47 Å². The molecule has 0 unspecified atom stereocenters. The van der Waals surface area contributed by atoms with Gasteiger partial charge in [0.1, 0.15) is 0 Å². The van der Waals surface area contributed by atoms with Crippen molar-refractivity contribution in [1.82, 2.24) is 0 Å². The molecule has 0 bridgehead atoms. The molecule has 0 aliphatic heterocycles. The molecule has 0 heterocycles. The van der Waals surface area contributed by atoms with Gasteiger partial charge in [0.05, 0.1) is 26.7 Å². The molecule has 2 rings (SSSR count). The van der Waals surface area contributed by atoms with Gasteiger partial charge in [0.15, 0.2) is 11.5 Å². The first-order valence-corrected chi connectivity index (χ1v) is 7.22. The van der Waals surface area contributed by atoms with E-state index in [1.54, 1.807) is 37.4 Å². The van der Waals surface area contributed by atoms with Crippen LogP contribution in [0.4, 0.5) is 0 Å². The Hall–Kier alpha value is -3.26. The number of ether oxygens (including phenoxy) is 2.